The van der Waals surface area contributed by atoms with Gasteiger partial charge in [0.25, 0.3) is 0 Å². The highest BCUT2D eigenvalue weighted by Gasteiger charge is 2.07. The Labute approximate surface area is 149 Å². The quantitative estimate of drug-likeness (QED) is 0.566. The highest BCUT2D eigenvalue weighted by atomic mass is 32.1. The second-order valence-corrected chi connectivity index (χ2v) is 6.52. The summed E-state index contributed by atoms with van der Waals surface area (Å²) in [6, 6.07) is 10.5. The molecule has 2 rings (SSSR count). The van der Waals surface area contributed by atoms with Gasteiger partial charge in [0, 0.05) is 20.2 Å². The summed E-state index contributed by atoms with van der Waals surface area (Å²) >= 11 is 1.74. The fraction of sp³-hybridized carbons (Fsp3) is 0.421. The Bertz CT molecular complexity index is 625. The van der Waals surface area contributed by atoms with Gasteiger partial charge >= 0.3 is 0 Å². The van der Waals surface area contributed by atoms with Crippen LogP contribution in [0.1, 0.15) is 36.5 Å². The molecule has 2 N–H and O–H groups in total. The first-order valence-electron chi connectivity index (χ1n) is 8.34. The lowest BCUT2D eigenvalue weighted by atomic mass is 10.1. The van der Waals surface area contributed by atoms with Gasteiger partial charge < -0.3 is 15.4 Å². The molecule has 0 fully saturated rings. The first-order valence-corrected chi connectivity index (χ1v) is 9.28. The van der Waals surface area contributed by atoms with E-state index < -0.39 is 0 Å². The van der Waals surface area contributed by atoms with Gasteiger partial charge in [-0.1, -0.05) is 31.2 Å². The van der Waals surface area contributed by atoms with Crippen LogP contribution in [0.4, 0.5) is 0 Å². The number of guanidine groups is 1. The average Bonchev–Trinajstić information content (AvgIpc) is 3.13. The predicted molar refractivity (Wildman–Crippen MR) is 103 cm³/mol. The van der Waals surface area contributed by atoms with Gasteiger partial charge in [0.05, 0.1) is 13.2 Å². The molecule has 1 aromatic carbocycles. The van der Waals surface area contributed by atoms with E-state index in [9.17, 15) is 0 Å². The third-order valence-corrected chi connectivity index (χ3v) is 4.56. The van der Waals surface area contributed by atoms with Gasteiger partial charge in [-0.05, 0) is 46.4 Å². The highest BCUT2D eigenvalue weighted by Crippen LogP contribution is 2.17. The summed E-state index contributed by atoms with van der Waals surface area (Å²) in [5.74, 6) is 1.31. The molecule has 0 bridgehead atoms. The number of rotatable bonds is 8. The average molecular weight is 346 g/mol. The molecule has 0 amide bonds. The second kappa shape index (κ2) is 10.1. The van der Waals surface area contributed by atoms with Gasteiger partial charge in [0.2, 0.25) is 0 Å². The standard InChI is InChI=1S/C19H27N3OS/c1-4-20-19(21-11-15(2)18-9-10-24-14-18)22-12-16-7-5-6-8-17(16)13-23-3/h5-10,14-15H,4,11-13H2,1-3H3,(H2,20,21,22). The number of hydrogen-bond acceptors (Lipinski definition) is 3. The molecule has 24 heavy (non-hydrogen) atoms. The SMILES string of the molecule is CCNC(=NCc1ccccc1COC)NCC(C)c1ccsc1. The highest BCUT2D eigenvalue weighted by molar-refractivity contribution is 7.07. The number of methoxy groups -OCH3 is 1. The Balaban J connectivity index is 1.97. The smallest absolute Gasteiger partial charge is 0.191 e. The Hall–Kier alpha value is -1.85. The molecule has 1 heterocycles. The summed E-state index contributed by atoms with van der Waals surface area (Å²) in [5.41, 5.74) is 3.75. The Morgan fingerprint density at radius 1 is 1.21 bits per heavy atom. The molecular formula is C19H27N3OS. The van der Waals surface area contributed by atoms with E-state index >= 15 is 0 Å². The molecular weight excluding hydrogens is 318 g/mol. The van der Waals surface area contributed by atoms with Gasteiger partial charge in [-0.25, -0.2) is 4.99 Å². The van der Waals surface area contributed by atoms with Crippen LogP contribution in [0, 0.1) is 0 Å². The number of thiophene rings is 1. The molecule has 1 unspecified atom stereocenters. The third kappa shape index (κ3) is 5.65. The van der Waals surface area contributed by atoms with Crippen LogP contribution in [0.2, 0.25) is 0 Å². The lowest BCUT2D eigenvalue weighted by molar-refractivity contribution is 0.184. The maximum Gasteiger partial charge on any atom is 0.191 e. The van der Waals surface area contributed by atoms with E-state index in [1.807, 2.05) is 12.1 Å². The van der Waals surface area contributed by atoms with Crippen molar-refractivity contribution in [2.75, 3.05) is 20.2 Å². The minimum atomic E-state index is 0.459. The number of ether oxygens (including phenoxy) is 1. The second-order valence-electron chi connectivity index (χ2n) is 5.74. The van der Waals surface area contributed by atoms with Crippen molar-refractivity contribution in [1.82, 2.24) is 10.6 Å². The van der Waals surface area contributed by atoms with E-state index in [1.165, 1.54) is 16.7 Å². The summed E-state index contributed by atoms with van der Waals surface area (Å²) in [7, 11) is 1.72. The molecule has 4 nitrogen and oxygen atoms in total. The molecule has 1 atom stereocenters. The molecule has 0 aliphatic heterocycles. The van der Waals surface area contributed by atoms with Crippen molar-refractivity contribution < 1.29 is 4.74 Å². The van der Waals surface area contributed by atoms with Crippen molar-refractivity contribution >= 4 is 17.3 Å². The first-order chi connectivity index (χ1) is 11.7. The minimum Gasteiger partial charge on any atom is -0.380 e. The maximum atomic E-state index is 5.26. The molecule has 2 aromatic rings. The van der Waals surface area contributed by atoms with Crippen molar-refractivity contribution in [2.24, 2.45) is 4.99 Å². The fourth-order valence-electron chi connectivity index (χ4n) is 2.44. The van der Waals surface area contributed by atoms with Crippen LogP contribution in [0.3, 0.4) is 0 Å². The van der Waals surface area contributed by atoms with Crippen LogP contribution in [0.5, 0.6) is 0 Å². The number of nitrogens with zero attached hydrogens (tertiary/aromatic N) is 1. The van der Waals surface area contributed by atoms with Crippen LogP contribution in [0.15, 0.2) is 46.1 Å². The van der Waals surface area contributed by atoms with Crippen molar-refractivity contribution in [3.63, 3.8) is 0 Å². The van der Waals surface area contributed by atoms with Crippen LogP contribution in [0.25, 0.3) is 0 Å². The summed E-state index contributed by atoms with van der Waals surface area (Å²) in [4.78, 5) is 4.72. The lowest BCUT2D eigenvalue weighted by Crippen LogP contribution is -2.39. The van der Waals surface area contributed by atoms with Gasteiger partial charge in [-0.3, -0.25) is 0 Å². The van der Waals surface area contributed by atoms with E-state index in [0.29, 0.717) is 19.1 Å². The number of hydrogen-bond donors (Lipinski definition) is 2. The largest absolute Gasteiger partial charge is 0.380 e. The van der Waals surface area contributed by atoms with Gasteiger partial charge in [0.15, 0.2) is 5.96 Å². The first kappa shape index (κ1) is 18.5. The summed E-state index contributed by atoms with van der Waals surface area (Å²) in [6.45, 7) is 7.28. The van der Waals surface area contributed by atoms with Crippen molar-refractivity contribution in [3.8, 4) is 0 Å². The van der Waals surface area contributed by atoms with Gasteiger partial charge in [-0.2, -0.15) is 11.3 Å². The molecule has 0 spiro atoms. The van der Waals surface area contributed by atoms with Crippen LogP contribution in [-0.2, 0) is 17.9 Å². The fourth-order valence-corrected chi connectivity index (χ4v) is 3.22. The molecule has 0 radical (unpaired) electrons. The zero-order valence-electron chi connectivity index (χ0n) is 14.7. The number of benzene rings is 1. The van der Waals surface area contributed by atoms with Gasteiger partial charge in [0.1, 0.15) is 0 Å². The predicted octanol–water partition coefficient (Wildman–Crippen LogP) is 3.75. The molecule has 130 valence electrons. The zero-order chi connectivity index (χ0) is 17.2. The normalized spacial score (nSPS) is 12.9. The monoisotopic (exact) mass is 345 g/mol. The topological polar surface area (TPSA) is 45.7 Å². The Morgan fingerprint density at radius 2 is 2.00 bits per heavy atom. The van der Waals surface area contributed by atoms with Gasteiger partial charge in [-0.15, -0.1) is 0 Å². The number of aliphatic imine (C=N–C) groups is 1. The third-order valence-electron chi connectivity index (χ3n) is 3.86. The van der Waals surface area contributed by atoms with Crippen LogP contribution >= 0.6 is 11.3 Å². The Morgan fingerprint density at radius 3 is 2.67 bits per heavy atom. The zero-order valence-corrected chi connectivity index (χ0v) is 15.5. The molecule has 0 aliphatic carbocycles. The summed E-state index contributed by atoms with van der Waals surface area (Å²) < 4.78 is 5.26. The van der Waals surface area contributed by atoms with Crippen molar-refractivity contribution in [2.45, 2.75) is 32.9 Å². The Kier molecular flexibility index (Phi) is 7.79. The molecule has 0 saturated heterocycles. The number of nitrogens with one attached hydrogen (secondary N) is 2. The van der Waals surface area contributed by atoms with E-state index in [-0.39, 0.29) is 0 Å². The van der Waals surface area contributed by atoms with E-state index in [1.54, 1.807) is 18.4 Å². The molecule has 0 saturated carbocycles. The van der Waals surface area contributed by atoms with E-state index in [4.69, 9.17) is 9.73 Å². The van der Waals surface area contributed by atoms with E-state index in [0.717, 1.165) is 19.0 Å². The van der Waals surface area contributed by atoms with Crippen LogP contribution in [-0.4, -0.2) is 26.2 Å². The lowest BCUT2D eigenvalue weighted by Gasteiger charge is -2.15. The minimum absolute atomic E-state index is 0.459. The van der Waals surface area contributed by atoms with Crippen LogP contribution < -0.4 is 10.6 Å². The molecule has 0 aliphatic rings. The van der Waals surface area contributed by atoms with E-state index in [2.05, 4.69) is 53.4 Å². The summed E-state index contributed by atoms with van der Waals surface area (Å²) in [6.07, 6.45) is 0. The van der Waals surface area contributed by atoms with Crippen molar-refractivity contribution in [3.05, 3.63) is 57.8 Å². The van der Waals surface area contributed by atoms with Crippen molar-refractivity contribution in [1.29, 1.82) is 0 Å². The molecule has 1 aromatic heterocycles. The summed E-state index contributed by atoms with van der Waals surface area (Å²) in [5, 5.41) is 11.1. The molecule has 5 heteroatoms. The maximum absolute atomic E-state index is 5.26.